The van der Waals surface area contributed by atoms with Crippen LogP contribution in [0.4, 0.5) is 0 Å². The van der Waals surface area contributed by atoms with Crippen LogP contribution in [0.5, 0.6) is 11.5 Å². The minimum Gasteiger partial charge on any atom is -0.872 e. The molecule has 236 valence electrons. The molecule has 6 nitrogen and oxygen atoms in total. The van der Waals surface area contributed by atoms with Gasteiger partial charge in [0.25, 0.3) is 0 Å². The third-order valence-electron chi connectivity index (χ3n) is 7.69. The summed E-state index contributed by atoms with van der Waals surface area (Å²) in [4.78, 5) is 21.7. The number of aromatic hydroxyl groups is 1. The first-order chi connectivity index (χ1) is 20.3. The van der Waals surface area contributed by atoms with Crippen molar-refractivity contribution in [3.63, 3.8) is 0 Å². The number of carboxylic acids is 2. The second-order valence-corrected chi connectivity index (χ2v) is 11.4. The van der Waals surface area contributed by atoms with Crippen molar-refractivity contribution in [1.29, 1.82) is 0 Å². The van der Waals surface area contributed by atoms with E-state index in [9.17, 15) is 24.9 Å². The first kappa shape index (κ1) is 41.2. The van der Waals surface area contributed by atoms with E-state index in [4.69, 9.17) is 5.11 Å². The fraction of sp³-hybridized carbons (Fsp3) is 0.611. The molecule has 0 saturated heterocycles. The number of hydrogen-bond donors (Lipinski definition) is 2. The SMILES string of the molecule is CCCCCCCCCCCc1ccc(O)c(C(=O)O)c1.CCCCCCCCCCCc1ccc([O-])c(C(=O)[O-])c1.[Ca+2]. The van der Waals surface area contributed by atoms with Crippen molar-refractivity contribution in [3.05, 3.63) is 58.7 Å². The normalized spacial score (nSPS) is 10.5. The van der Waals surface area contributed by atoms with Crippen LogP contribution in [-0.4, -0.2) is 59.9 Å². The summed E-state index contributed by atoms with van der Waals surface area (Å²) < 4.78 is 0. The molecule has 2 aromatic carbocycles. The minimum absolute atomic E-state index is 0. The summed E-state index contributed by atoms with van der Waals surface area (Å²) in [5.41, 5.74) is 1.69. The molecule has 0 bridgehead atoms. The topological polar surface area (TPSA) is 121 Å². The molecule has 2 N–H and O–H groups in total. The van der Waals surface area contributed by atoms with Gasteiger partial charge in [-0.3, -0.25) is 0 Å². The largest absolute Gasteiger partial charge is 2.00 e. The van der Waals surface area contributed by atoms with Crippen LogP contribution >= 0.6 is 0 Å². The van der Waals surface area contributed by atoms with Crippen molar-refractivity contribution >= 4 is 49.7 Å². The van der Waals surface area contributed by atoms with E-state index in [2.05, 4.69) is 13.8 Å². The zero-order valence-electron chi connectivity index (χ0n) is 26.8. The monoisotopic (exact) mass is 622 g/mol. The fourth-order valence-corrected chi connectivity index (χ4v) is 5.08. The van der Waals surface area contributed by atoms with E-state index in [1.807, 2.05) is 6.07 Å². The number of phenols is 1. The third-order valence-corrected chi connectivity index (χ3v) is 7.69. The average molecular weight is 623 g/mol. The zero-order chi connectivity index (χ0) is 31.0. The molecule has 0 spiro atoms. The van der Waals surface area contributed by atoms with E-state index in [1.165, 1.54) is 115 Å². The first-order valence-corrected chi connectivity index (χ1v) is 16.4. The van der Waals surface area contributed by atoms with Crippen molar-refractivity contribution < 1.29 is 30.0 Å². The van der Waals surface area contributed by atoms with Crippen LogP contribution in [0.25, 0.3) is 0 Å². The molecule has 0 fully saturated rings. The summed E-state index contributed by atoms with van der Waals surface area (Å²) in [5.74, 6) is -3.07. The number of carboxylic acid groups (broad SMARTS) is 2. The van der Waals surface area contributed by atoms with Crippen LogP contribution < -0.4 is 10.2 Å². The number of carbonyl (C=O) groups excluding carboxylic acids is 1. The summed E-state index contributed by atoms with van der Waals surface area (Å²) >= 11 is 0. The number of carbonyl (C=O) groups is 2. The second kappa shape index (κ2) is 26.6. The maximum atomic E-state index is 11.3. The molecule has 0 aromatic heterocycles. The molecule has 0 aliphatic heterocycles. The number of aromatic carboxylic acids is 2. The molecule has 0 aliphatic carbocycles. The predicted molar refractivity (Wildman–Crippen MR) is 173 cm³/mol. The third kappa shape index (κ3) is 20.0. The molecule has 0 saturated carbocycles. The summed E-state index contributed by atoms with van der Waals surface area (Å²) in [5, 5.41) is 40.5. The molecule has 2 rings (SSSR count). The number of rotatable bonds is 22. The van der Waals surface area contributed by atoms with Gasteiger partial charge in [0.1, 0.15) is 11.3 Å². The van der Waals surface area contributed by atoms with E-state index in [-0.39, 0.29) is 54.6 Å². The molecule has 0 amide bonds. The van der Waals surface area contributed by atoms with Crippen LogP contribution in [0, 0.1) is 0 Å². The molecule has 0 unspecified atom stereocenters. The van der Waals surface area contributed by atoms with Crippen molar-refractivity contribution in [2.45, 2.75) is 142 Å². The Labute approximate surface area is 290 Å². The summed E-state index contributed by atoms with van der Waals surface area (Å²) in [6.45, 7) is 4.46. The van der Waals surface area contributed by atoms with E-state index >= 15 is 0 Å². The van der Waals surface area contributed by atoms with E-state index in [0.717, 1.165) is 43.2 Å². The zero-order valence-corrected chi connectivity index (χ0v) is 29.0. The van der Waals surface area contributed by atoms with E-state index in [1.54, 1.807) is 12.1 Å². The summed E-state index contributed by atoms with van der Waals surface area (Å²) in [6, 6.07) is 9.39. The van der Waals surface area contributed by atoms with Gasteiger partial charge in [0.2, 0.25) is 0 Å². The summed E-state index contributed by atoms with van der Waals surface area (Å²) in [7, 11) is 0. The quantitative estimate of drug-likeness (QED) is 0.101. The average Bonchev–Trinajstić information content (AvgIpc) is 2.97. The van der Waals surface area contributed by atoms with Gasteiger partial charge in [-0.15, -0.1) is 0 Å². The smallest absolute Gasteiger partial charge is 0.872 e. The Bertz CT molecular complexity index is 941. The first-order valence-electron chi connectivity index (χ1n) is 16.4. The molecule has 0 radical (unpaired) electrons. The van der Waals surface area contributed by atoms with Gasteiger partial charge in [0.15, 0.2) is 0 Å². The van der Waals surface area contributed by atoms with Crippen molar-refractivity contribution in [3.8, 4) is 11.5 Å². The van der Waals surface area contributed by atoms with Crippen LogP contribution in [0.2, 0.25) is 0 Å². The molecule has 0 atom stereocenters. The number of aryl methyl sites for hydroxylation is 2. The van der Waals surface area contributed by atoms with Gasteiger partial charge in [0.05, 0.1) is 5.97 Å². The van der Waals surface area contributed by atoms with Gasteiger partial charge in [0, 0.05) is 0 Å². The van der Waals surface area contributed by atoms with Crippen LogP contribution in [0.1, 0.15) is 161 Å². The van der Waals surface area contributed by atoms with Gasteiger partial charge in [-0.2, -0.15) is 0 Å². The van der Waals surface area contributed by atoms with Crippen LogP contribution in [0.3, 0.4) is 0 Å². The van der Waals surface area contributed by atoms with E-state index in [0.29, 0.717) is 0 Å². The molecule has 0 aliphatic rings. The molecule has 7 heteroatoms. The summed E-state index contributed by atoms with van der Waals surface area (Å²) in [6.07, 6.45) is 24.6. The maximum absolute atomic E-state index is 11.3. The van der Waals surface area contributed by atoms with Crippen molar-refractivity contribution in [2.24, 2.45) is 0 Å². The Morgan fingerprint density at radius 3 is 1.37 bits per heavy atom. The predicted octanol–water partition coefficient (Wildman–Crippen LogP) is 7.98. The standard InChI is InChI=1S/2C18H28O3.Ca/c2*1-2-3-4-5-6-7-8-9-10-11-15-12-13-17(19)16(14-15)18(20)21;/h2*12-14,19H,2-11H2,1H3,(H,20,21);/q;;+2/p-2. The van der Waals surface area contributed by atoms with Gasteiger partial charge in [-0.25, -0.2) is 4.79 Å². The van der Waals surface area contributed by atoms with Gasteiger partial charge in [-0.05, 0) is 54.5 Å². The Balaban J connectivity index is 0.000000802. The van der Waals surface area contributed by atoms with Crippen LogP contribution in [-0.2, 0) is 12.8 Å². The number of unbranched alkanes of at least 4 members (excludes halogenated alkanes) is 16. The van der Waals surface area contributed by atoms with Crippen LogP contribution in [0.15, 0.2) is 36.4 Å². The van der Waals surface area contributed by atoms with E-state index < -0.39 is 17.7 Å². The molecular weight excluding hydrogens is 568 g/mol. The minimum atomic E-state index is -1.38. The number of hydrogen-bond acceptors (Lipinski definition) is 5. The Morgan fingerprint density at radius 1 is 0.605 bits per heavy atom. The molecular formula is C36H54CaO6. The number of benzene rings is 2. The van der Waals surface area contributed by atoms with Gasteiger partial charge in [-0.1, -0.05) is 147 Å². The molecule has 43 heavy (non-hydrogen) atoms. The Morgan fingerprint density at radius 2 is 0.977 bits per heavy atom. The molecule has 0 heterocycles. The van der Waals surface area contributed by atoms with Crippen molar-refractivity contribution in [2.75, 3.05) is 0 Å². The Hall–Kier alpha value is -1.76. The van der Waals surface area contributed by atoms with Gasteiger partial charge >= 0.3 is 43.7 Å². The maximum Gasteiger partial charge on any atom is 2.00 e. The van der Waals surface area contributed by atoms with Gasteiger partial charge < -0.3 is 25.2 Å². The van der Waals surface area contributed by atoms with Crippen molar-refractivity contribution in [1.82, 2.24) is 0 Å². The molecule has 2 aromatic rings. The second-order valence-electron chi connectivity index (χ2n) is 11.4. The fourth-order valence-electron chi connectivity index (χ4n) is 5.08. The Kier molecular flexibility index (Phi) is 25.5.